The Hall–Kier alpha value is -2.16. The average molecular weight is 432 g/mol. The smallest absolute Gasteiger partial charge is 0.242 e. The minimum Gasteiger partial charge on any atom is -0.356 e. The predicted octanol–water partition coefficient (Wildman–Crippen LogP) is 3.34. The van der Waals surface area contributed by atoms with E-state index in [1.54, 1.807) is 24.5 Å². The van der Waals surface area contributed by atoms with E-state index in [0.717, 1.165) is 42.5 Å². The molecule has 3 aromatic rings. The first kappa shape index (κ1) is 18.8. The van der Waals surface area contributed by atoms with E-state index < -0.39 is 10.0 Å². The van der Waals surface area contributed by atoms with Gasteiger partial charge in [-0.2, -0.15) is 0 Å². The monoisotopic (exact) mass is 431 g/mol. The van der Waals surface area contributed by atoms with Crippen LogP contribution in [0.4, 0.5) is 5.82 Å². The molecule has 2 aliphatic rings. The number of aromatic amines is 1. The zero-order valence-electron chi connectivity index (χ0n) is 16.0. The molecular weight excluding hydrogens is 410 g/mol. The summed E-state index contributed by atoms with van der Waals surface area (Å²) in [6, 6.07) is 8.92. The molecule has 0 bridgehead atoms. The highest BCUT2D eigenvalue weighted by Gasteiger charge is 2.54. The zero-order valence-corrected chi connectivity index (χ0v) is 17.5. The van der Waals surface area contributed by atoms with Gasteiger partial charge in [0.25, 0.3) is 0 Å². The minimum absolute atomic E-state index is 0.0297. The van der Waals surface area contributed by atoms with Crippen molar-refractivity contribution in [2.75, 3.05) is 11.9 Å². The molecule has 2 fully saturated rings. The molecule has 2 aliphatic carbocycles. The Morgan fingerprint density at radius 1 is 1.17 bits per heavy atom. The molecule has 1 aromatic carbocycles. The molecule has 29 heavy (non-hydrogen) atoms. The molecule has 1 spiro atoms. The minimum atomic E-state index is -3.59. The number of rotatable bonds is 5. The molecule has 0 saturated heterocycles. The van der Waals surface area contributed by atoms with Crippen LogP contribution in [0.1, 0.15) is 25.7 Å². The second kappa shape index (κ2) is 6.68. The van der Waals surface area contributed by atoms with E-state index >= 15 is 0 Å². The Bertz CT molecular complexity index is 1160. The SMILES string of the molecule is CN(c1ncnc2[nH]ccc12)C1CC2(CC(NS(=O)(=O)c3ccccc3Cl)C2)C1. The fraction of sp³-hybridized carbons (Fsp3) is 0.400. The van der Waals surface area contributed by atoms with Crippen LogP contribution in [0.3, 0.4) is 0 Å². The maximum atomic E-state index is 12.6. The van der Waals surface area contributed by atoms with Crippen LogP contribution in [0.15, 0.2) is 47.8 Å². The van der Waals surface area contributed by atoms with Crippen LogP contribution in [-0.2, 0) is 10.0 Å². The first-order valence-corrected chi connectivity index (χ1v) is 11.5. The molecule has 2 saturated carbocycles. The van der Waals surface area contributed by atoms with Crippen molar-refractivity contribution < 1.29 is 8.42 Å². The summed E-state index contributed by atoms with van der Waals surface area (Å²) in [6.45, 7) is 0. The quantitative estimate of drug-likeness (QED) is 0.646. The van der Waals surface area contributed by atoms with Gasteiger partial charge in [-0.3, -0.25) is 0 Å². The number of nitrogens with one attached hydrogen (secondary N) is 2. The highest BCUT2D eigenvalue weighted by Crippen LogP contribution is 2.57. The summed E-state index contributed by atoms with van der Waals surface area (Å²) < 4.78 is 28.0. The van der Waals surface area contributed by atoms with E-state index in [0.29, 0.717) is 6.04 Å². The Balaban J connectivity index is 1.21. The number of nitrogens with zero attached hydrogens (tertiary/aromatic N) is 3. The van der Waals surface area contributed by atoms with E-state index in [1.807, 2.05) is 12.3 Å². The fourth-order valence-corrected chi connectivity index (χ4v) is 6.63. The standard InChI is InChI=1S/C20H22ClN5O2S/c1-26(19-15-6-7-22-18(15)23-12-24-19)14-10-20(11-14)8-13(9-20)25-29(27,28)17-5-3-2-4-16(17)21/h2-7,12-14,25H,8-11H2,1H3,(H,22,23,24). The van der Waals surface area contributed by atoms with Gasteiger partial charge in [-0.1, -0.05) is 23.7 Å². The number of sulfonamides is 1. The van der Waals surface area contributed by atoms with E-state index in [2.05, 4.69) is 31.6 Å². The normalized spacial score (nSPS) is 26.3. The van der Waals surface area contributed by atoms with Crippen molar-refractivity contribution in [1.82, 2.24) is 19.7 Å². The largest absolute Gasteiger partial charge is 0.356 e. The van der Waals surface area contributed by atoms with Gasteiger partial charge in [-0.05, 0) is 49.3 Å². The summed E-state index contributed by atoms with van der Waals surface area (Å²) in [5, 5.41) is 1.27. The Morgan fingerprint density at radius 2 is 1.93 bits per heavy atom. The lowest BCUT2D eigenvalue weighted by Gasteiger charge is -2.59. The number of anilines is 1. The molecule has 0 atom stereocenters. The number of halogens is 1. The molecule has 0 amide bonds. The van der Waals surface area contributed by atoms with Gasteiger partial charge >= 0.3 is 0 Å². The maximum absolute atomic E-state index is 12.6. The summed E-state index contributed by atoms with van der Waals surface area (Å²) >= 11 is 6.06. The van der Waals surface area contributed by atoms with Crippen LogP contribution in [0.25, 0.3) is 11.0 Å². The van der Waals surface area contributed by atoms with Crippen LogP contribution >= 0.6 is 11.6 Å². The van der Waals surface area contributed by atoms with Crippen molar-refractivity contribution in [2.45, 2.75) is 42.7 Å². The van der Waals surface area contributed by atoms with Crippen LogP contribution < -0.4 is 9.62 Å². The van der Waals surface area contributed by atoms with Crippen LogP contribution in [0.5, 0.6) is 0 Å². The second-order valence-corrected chi connectivity index (χ2v) is 10.4. The molecule has 9 heteroatoms. The Morgan fingerprint density at radius 3 is 2.69 bits per heavy atom. The number of aromatic nitrogens is 3. The molecule has 0 aliphatic heterocycles. The lowest BCUT2D eigenvalue weighted by atomic mass is 9.52. The number of hydrogen-bond acceptors (Lipinski definition) is 5. The van der Waals surface area contributed by atoms with Gasteiger partial charge in [0, 0.05) is 25.3 Å². The van der Waals surface area contributed by atoms with Crippen molar-refractivity contribution in [3.8, 4) is 0 Å². The van der Waals surface area contributed by atoms with Gasteiger partial charge in [0.05, 0.1) is 10.4 Å². The first-order chi connectivity index (χ1) is 13.9. The van der Waals surface area contributed by atoms with Crippen molar-refractivity contribution >= 4 is 38.5 Å². The van der Waals surface area contributed by atoms with Crippen LogP contribution in [0.2, 0.25) is 5.02 Å². The Kier molecular flexibility index (Phi) is 4.34. The molecule has 5 rings (SSSR count). The van der Waals surface area contributed by atoms with Crippen molar-refractivity contribution in [3.05, 3.63) is 47.9 Å². The van der Waals surface area contributed by atoms with Crippen molar-refractivity contribution in [2.24, 2.45) is 5.41 Å². The predicted molar refractivity (Wildman–Crippen MR) is 113 cm³/mol. The lowest BCUT2D eigenvalue weighted by molar-refractivity contribution is -0.0120. The van der Waals surface area contributed by atoms with Gasteiger partial charge in [0.2, 0.25) is 10.0 Å². The lowest BCUT2D eigenvalue weighted by Crippen LogP contribution is -2.60. The van der Waals surface area contributed by atoms with Crippen LogP contribution in [0, 0.1) is 5.41 Å². The summed E-state index contributed by atoms with van der Waals surface area (Å²) in [5.41, 5.74) is 1.07. The maximum Gasteiger partial charge on any atom is 0.242 e. The van der Waals surface area contributed by atoms with E-state index in [-0.39, 0.29) is 21.4 Å². The van der Waals surface area contributed by atoms with E-state index in [4.69, 9.17) is 11.6 Å². The number of hydrogen-bond donors (Lipinski definition) is 2. The second-order valence-electron chi connectivity index (χ2n) is 8.27. The molecule has 152 valence electrons. The number of benzene rings is 1. The highest BCUT2D eigenvalue weighted by atomic mass is 35.5. The van der Waals surface area contributed by atoms with Gasteiger partial charge in [0.1, 0.15) is 22.7 Å². The van der Waals surface area contributed by atoms with Crippen LogP contribution in [-0.4, -0.2) is 42.5 Å². The molecule has 2 N–H and O–H groups in total. The molecule has 2 aromatic heterocycles. The molecular formula is C20H22ClN5O2S. The average Bonchev–Trinajstić information content (AvgIpc) is 3.11. The van der Waals surface area contributed by atoms with Gasteiger partial charge in [0.15, 0.2) is 0 Å². The molecule has 7 nitrogen and oxygen atoms in total. The zero-order chi connectivity index (χ0) is 20.2. The van der Waals surface area contributed by atoms with Gasteiger partial charge < -0.3 is 9.88 Å². The van der Waals surface area contributed by atoms with E-state index in [1.165, 1.54) is 6.07 Å². The van der Waals surface area contributed by atoms with Gasteiger partial charge in [-0.15, -0.1) is 0 Å². The van der Waals surface area contributed by atoms with Gasteiger partial charge in [-0.25, -0.2) is 23.1 Å². The molecule has 2 heterocycles. The number of H-pyrrole nitrogens is 1. The third-order valence-corrected chi connectivity index (χ3v) is 8.38. The number of fused-ring (bicyclic) bond motifs is 1. The summed E-state index contributed by atoms with van der Waals surface area (Å²) in [6.07, 6.45) is 7.28. The Labute approximate surface area is 174 Å². The topological polar surface area (TPSA) is 91.0 Å². The summed E-state index contributed by atoms with van der Waals surface area (Å²) in [5.74, 6) is 0.936. The molecule has 0 unspecified atom stereocenters. The summed E-state index contributed by atoms with van der Waals surface area (Å²) in [7, 11) is -1.52. The molecule has 0 radical (unpaired) electrons. The first-order valence-electron chi connectivity index (χ1n) is 9.65. The third-order valence-electron chi connectivity index (χ3n) is 6.36. The highest BCUT2D eigenvalue weighted by molar-refractivity contribution is 7.89. The van der Waals surface area contributed by atoms with Crippen molar-refractivity contribution in [3.63, 3.8) is 0 Å². The summed E-state index contributed by atoms with van der Waals surface area (Å²) in [4.78, 5) is 14.2. The fourth-order valence-electron chi connectivity index (χ4n) is 4.87. The van der Waals surface area contributed by atoms with E-state index in [9.17, 15) is 8.42 Å². The third kappa shape index (κ3) is 3.19. The van der Waals surface area contributed by atoms with Crippen molar-refractivity contribution in [1.29, 1.82) is 0 Å².